The van der Waals surface area contributed by atoms with Crippen molar-refractivity contribution in [1.82, 2.24) is 29.9 Å². The molecule has 0 radical (unpaired) electrons. The van der Waals surface area contributed by atoms with E-state index in [1.807, 2.05) is 13.8 Å². The Hall–Kier alpha value is -3.80. The zero-order valence-electron chi connectivity index (χ0n) is 21.1. The highest BCUT2D eigenvalue weighted by Gasteiger charge is 2.25. The van der Waals surface area contributed by atoms with Crippen LogP contribution >= 0.6 is 0 Å². The zero-order valence-corrected chi connectivity index (χ0v) is 21.1. The van der Waals surface area contributed by atoms with Crippen LogP contribution in [0.4, 0.5) is 16.3 Å². The molecule has 12 nitrogen and oxygen atoms in total. The molecule has 188 valence electrons. The molecule has 0 aliphatic heterocycles. The zero-order chi connectivity index (χ0) is 25.9. The fourth-order valence-corrected chi connectivity index (χ4v) is 3.29. The highest BCUT2D eigenvalue weighted by molar-refractivity contribution is 5.96. The second-order valence-corrected chi connectivity index (χ2v) is 9.33. The largest absolute Gasteiger partial charge is 0.443 e. The van der Waals surface area contributed by atoms with Crippen molar-refractivity contribution < 1.29 is 19.1 Å². The number of hydrogen-bond acceptors (Lipinski definition) is 9. The van der Waals surface area contributed by atoms with E-state index in [9.17, 15) is 9.59 Å². The number of amides is 2. The number of imidazole rings is 1. The Morgan fingerprint density at radius 3 is 2.57 bits per heavy atom. The van der Waals surface area contributed by atoms with Gasteiger partial charge in [-0.3, -0.25) is 9.69 Å². The minimum absolute atomic E-state index is 0.169. The van der Waals surface area contributed by atoms with Crippen molar-refractivity contribution >= 4 is 29.2 Å². The molecule has 0 saturated carbocycles. The molecule has 0 unspecified atom stereocenters. The first-order valence-corrected chi connectivity index (χ1v) is 11.1. The maximum absolute atomic E-state index is 13.0. The molecule has 3 N–H and O–H groups in total. The van der Waals surface area contributed by atoms with Crippen LogP contribution in [-0.2, 0) is 16.1 Å². The van der Waals surface area contributed by atoms with E-state index in [4.69, 9.17) is 15.2 Å². The maximum Gasteiger partial charge on any atom is 0.414 e. The van der Waals surface area contributed by atoms with E-state index in [1.54, 1.807) is 46.9 Å². The molecule has 3 heterocycles. The van der Waals surface area contributed by atoms with Crippen molar-refractivity contribution in [2.45, 2.75) is 59.8 Å². The Kier molecular flexibility index (Phi) is 7.54. The van der Waals surface area contributed by atoms with Crippen LogP contribution in [0.5, 0.6) is 0 Å². The van der Waals surface area contributed by atoms with E-state index < -0.39 is 11.7 Å². The summed E-state index contributed by atoms with van der Waals surface area (Å²) in [6.07, 6.45) is 0.879. The number of rotatable bonds is 7. The number of nitrogens with one attached hydrogen (secondary N) is 1. The predicted molar refractivity (Wildman–Crippen MR) is 130 cm³/mol. The van der Waals surface area contributed by atoms with Gasteiger partial charge in [0.05, 0.1) is 24.2 Å². The average Bonchev–Trinajstić information content (AvgIpc) is 3.14. The molecular formula is C23H32N8O4. The molecule has 3 rings (SSSR count). The third-order valence-corrected chi connectivity index (χ3v) is 4.73. The molecule has 1 atom stereocenters. The average molecular weight is 485 g/mol. The Morgan fingerprint density at radius 2 is 1.91 bits per heavy atom. The molecule has 35 heavy (non-hydrogen) atoms. The second-order valence-electron chi connectivity index (χ2n) is 9.33. The van der Waals surface area contributed by atoms with Crippen LogP contribution < -0.4 is 16.0 Å². The van der Waals surface area contributed by atoms with Gasteiger partial charge in [0.25, 0.3) is 5.91 Å². The first-order valence-electron chi connectivity index (χ1n) is 11.1. The summed E-state index contributed by atoms with van der Waals surface area (Å²) in [5.41, 5.74) is 7.49. The number of ether oxygens (including phenoxy) is 2. The van der Waals surface area contributed by atoms with Crippen LogP contribution in [0, 0.1) is 13.8 Å². The van der Waals surface area contributed by atoms with Gasteiger partial charge in [-0.25, -0.2) is 24.3 Å². The Morgan fingerprint density at radius 1 is 1.20 bits per heavy atom. The Balaban J connectivity index is 1.70. The molecule has 0 saturated heterocycles. The molecule has 0 fully saturated rings. The molecule has 0 aliphatic rings. The van der Waals surface area contributed by atoms with Gasteiger partial charge in [-0.05, 0) is 47.6 Å². The van der Waals surface area contributed by atoms with Crippen LogP contribution in [0.3, 0.4) is 0 Å². The molecule has 3 aromatic rings. The first-order chi connectivity index (χ1) is 16.3. The van der Waals surface area contributed by atoms with E-state index in [2.05, 4.69) is 25.4 Å². The van der Waals surface area contributed by atoms with Gasteiger partial charge < -0.3 is 20.5 Å². The molecule has 0 aliphatic carbocycles. The topological polar surface area (TPSA) is 150 Å². The lowest BCUT2D eigenvalue weighted by Gasteiger charge is -2.25. The van der Waals surface area contributed by atoms with Crippen LogP contribution in [0.25, 0.3) is 5.65 Å². The smallest absolute Gasteiger partial charge is 0.414 e. The number of carbonyl (C=O) groups excluding carboxylic acids is 2. The molecule has 12 heteroatoms. The molecule has 0 bridgehead atoms. The van der Waals surface area contributed by atoms with Crippen molar-refractivity contribution in [3.05, 3.63) is 41.2 Å². The SMILES string of the molecule is Cc1cc(N)nc(COC[C@@H](C)NC(=O)c2cnc3c(N(C)C(=O)OC(C)(C)C)cc(C)nn23)n1. The quantitative estimate of drug-likeness (QED) is 0.515. The Bertz CT molecular complexity index is 1210. The standard InChI is InChI=1S/C23H32N8O4/c1-13-9-18(24)28-19(26-13)12-34-11-15(3)27-21(32)17-10-25-20-16(8-14(2)29-31(17)20)30(7)22(33)35-23(4,5)6/h8-10,15H,11-12H2,1-7H3,(H,27,32)(H2,24,26,28)/t15-/m1/s1. The summed E-state index contributed by atoms with van der Waals surface area (Å²) in [7, 11) is 1.59. The first kappa shape index (κ1) is 25.8. The number of nitrogen functional groups attached to an aromatic ring is 1. The van der Waals surface area contributed by atoms with E-state index in [1.165, 1.54) is 15.6 Å². The van der Waals surface area contributed by atoms with E-state index >= 15 is 0 Å². The number of hydrogen-bond donors (Lipinski definition) is 2. The lowest BCUT2D eigenvalue weighted by Crippen LogP contribution is -2.37. The molecule has 0 spiro atoms. The van der Waals surface area contributed by atoms with Gasteiger partial charge in [0.15, 0.2) is 17.2 Å². The fraction of sp³-hybridized carbons (Fsp3) is 0.478. The lowest BCUT2D eigenvalue weighted by molar-refractivity contribution is 0.0589. The van der Waals surface area contributed by atoms with Gasteiger partial charge in [-0.2, -0.15) is 5.10 Å². The van der Waals surface area contributed by atoms with Gasteiger partial charge in [-0.1, -0.05) is 0 Å². The summed E-state index contributed by atoms with van der Waals surface area (Å²) in [5, 5.41) is 7.28. The minimum Gasteiger partial charge on any atom is -0.443 e. The fourth-order valence-electron chi connectivity index (χ4n) is 3.29. The van der Waals surface area contributed by atoms with Crippen molar-refractivity contribution in [3.8, 4) is 0 Å². The van der Waals surface area contributed by atoms with E-state index in [0.29, 0.717) is 28.7 Å². The lowest BCUT2D eigenvalue weighted by atomic mass is 10.2. The van der Waals surface area contributed by atoms with Crippen molar-refractivity contribution in [2.24, 2.45) is 0 Å². The number of aromatic nitrogens is 5. The second kappa shape index (κ2) is 10.2. The summed E-state index contributed by atoms with van der Waals surface area (Å²) < 4.78 is 12.5. The van der Waals surface area contributed by atoms with Crippen molar-refractivity contribution in [3.63, 3.8) is 0 Å². The van der Waals surface area contributed by atoms with Crippen molar-refractivity contribution in [2.75, 3.05) is 24.3 Å². The van der Waals surface area contributed by atoms with Gasteiger partial charge in [-0.15, -0.1) is 0 Å². The summed E-state index contributed by atoms with van der Waals surface area (Å²) in [6.45, 7) is 11.2. The number of fused-ring (bicyclic) bond motifs is 1. The Labute approximate surface area is 203 Å². The molecule has 0 aromatic carbocycles. The maximum atomic E-state index is 13.0. The number of anilines is 2. The summed E-state index contributed by atoms with van der Waals surface area (Å²) in [5.74, 6) is 0.474. The minimum atomic E-state index is -0.652. The summed E-state index contributed by atoms with van der Waals surface area (Å²) in [4.78, 5) is 39.6. The normalized spacial score (nSPS) is 12.4. The number of carbonyl (C=O) groups is 2. The van der Waals surface area contributed by atoms with Gasteiger partial charge in [0.2, 0.25) is 0 Å². The highest BCUT2D eigenvalue weighted by atomic mass is 16.6. The molecule has 2 amide bonds. The molecule has 3 aromatic heterocycles. The van der Waals surface area contributed by atoms with Crippen LogP contribution in [-0.4, -0.2) is 61.9 Å². The van der Waals surface area contributed by atoms with Crippen LogP contribution in [0.1, 0.15) is 55.4 Å². The summed E-state index contributed by atoms with van der Waals surface area (Å²) in [6, 6.07) is 3.07. The highest BCUT2D eigenvalue weighted by Crippen LogP contribution is 2.23. The predicted octanol–water partition coefficient (Wildman–Crippen LogP) is 2.42. The van der Waals surface area contributed by atoms with Crippen molar-refractivity contribution in [1.29, 1.82) is 0 Å². The van der Waals surface area contributed by atoms with Crippen LogP contribution in [0.15, 0.2) is 18.3 Å². The monoisotopic (exact) mass is 484 g/mol. The number of nitrogens with two attached hydrogens (primary N) is 1. The summed E-state index contributed by atoms with van der Waals surface area (Å²) >= 11 is 0. The third kappa shape index (κ3) is 6.63. The third-order valence-electron chi connectivity index (χ3n) is 4.73. The van der Waals surface area contributed by atoms with Gasteiger partial charge >= 0.3 is 6.09 Å². The van der Waals surface area contributed by atoms with Gasteiger partial charge in [0.1, 0.15) is 18.0 Å². The van der Waals surface area contributed by atoms with Gasteiger partial charge in [0, 0.05) is 24.8 Å². The number of nitrogens with zero attached hydrogens (tertiary/aromatic N) is 6. The number of aryl methyl sites for hydroxylation is 2. The van der Waals surface area contributed by atoms with E-state index in [0.717, 1.165) is 5.69 Å². The molecular weight excluding hydrogens is 452 g/mol. The van der Waals surface area contributed by atoms with E-state index in [-0.39, 0.29) is 30.9 Å². The van der Waals surface area contributed by atoms with Crippen LogP contribution in [0.2, 0.25) is 0 Å².